The molecule has 0 aliphatic heterocycles. The Labute approximate surface area is 83.2 Å². The van der Waals surface area contributed by atoms with E-state index >= 15 is 0 Å². The number of hydrogen-bond acceptors (Lipinski definition) is 5. The van der Waals surface area contributed by atoms with E-state index in [1.54, 1.807) is 23.2 Å². The van der Waals surface area contributed by atoms with Crippen LogP contribution in [-0.4, -0.2) is 27.0 Å². The zero-order chi connectivity index (χ0) is 9.54. The lowest BCUT2D eigenvalue weighted by Crippen LogP contribution is -1.93. The van der Waals surface area contributed by atoms with E-state index in [1.165, 1.54) is 0 Å². The smallest absolute Gasteiger partial charge is 0.174 e. The predicted molar refractivity (Wildman–Crippen MR) is 56.6 cm³/mol. The maximum absolute atomic E-state index is 4.36. The third kappa shape index (κ3) is 0.856. The van der Waals surface area contributed by atoms with Gasteiger partial charge in [-0.2, -0.15) is 0 Å². The van der Waals surface area contributed by atoms with Crippen LogP contribution in [0.2, 0.25) is 0 Å². The summed E-state index contributed by atoms with van der Waals surface area (Å²) in [5.41, 5.74) is 4.42. The molecule has 3 aromatic rings. The first-order valence-corrected chi connectivity index (χ1v) is 5.02. The fraction of sp³-hybridized carbons (Fsp3) is 0.125. The van der Waals surface area contributed by atoms with Crippen LogP contribution in [0.3, 0.4) is 0 Å². The van der Waals surface area contributed by atoms with Crippen LogP contribution in [0.5, 0.6) is 0 Å². The molecular formula is C8H7N5S. The number of imidazole rings is 1. The monoisotopic (exact) mass is 205 g/mol. The molecule has 0 aliphatic rings. The number of H-pyrrole nitrogens is 1. The molecule has 2 N–H and O–H groups in total. The summed E-state index contributed by atoms with van der Waals surface area (Å²) in [6.07, 6.45) is 1.67. The highest BCUT2D eigenvalue weighted by molar-refractivity contribution is 7.17. The van der Waals surface area contributed by atoms with Crippen LogP contribution in [0, 0.1) is 0 Å². The Morgan fingerprint density at radius 2 is 2.36 bits per heavy atom. The van der Waals surface area contributed by atoms with Crippen molar-refractivity contribution in [3.05, 3.63) is 11.8 Å². The predicted octanol–water partition coefficient (Wildman–Crippen LogP) is 1.61. The SMILES string of the molecule is CNc1nc2ncsc2c2[nH]cnc12. The van der Waals surface area contributed by atoms with Crippen molar-refractivity contribution in [3.63, 3.8) is 0 Å². The number of nitrogens with zero attached hydrogens (tertiary/aromatic N) is 3. The summed E-state index contributed by atoms with van der Waals surface area (Å²) in [6, 6.07) is 0. The highest BCUT2D eigenvalue weighted by atomic mass is 32.1. The number of fused-ring (bicyclic) bond motifs is 3. The van der Waals surface area contributed by atoms with Gasteiger partial charge in [0.25, 0.3) is 0 Å². The lowest BCUT2D eigenvalue weighted by molar-refractivity contribution is 1.30. The highest BCUT2D eigenvalue weighted by Crippen LogP contribution is 2.28. The van der Waals surface area contributed by atoms with Gasteiger partial charge in [0, 0.05) is 7.05 Å². The fourth-order valence-electron chi connectivity index (χ4n) is 1.47. The molecule has 70 valence electrons. The second-order valence-electron chi connectivity index (χ2n) is 2.84. The third-order valence-corrected chi connectivity index (χ3v) is 2.93. The number of anilines is 1. The van der Waals surface area contributed by atoms with Gasteiger partial charge < -0.3 is 10.3 Å². The molecule has 0 bridgehead atoms. The largest absolute Gasteiger partial charge is 0.371 e. The van der Waals surface area contributed by atoms with Gasteiger partial charge in [-0.1, -0.05) is 0 Å². The molecule has 0 atom stereocenters. The first-order chi connectivity index (χ1) is 6.90. The summed E-state index contributed by atoms with van der Waals surface area (Å²) in [4.78, 5) is 15.9. The molecule has 0 fully saturated rings. The van der Waals surface area contributed by atoms with Crippen LogP contribution in [0.1, 0.15) is 0 Å². The van der Waals surface area contributed by atoms with Crippen molar-refractivity contribution in [2.45, 2.75) is 0 Å². The quantitative estimate of drug-likeness (QED) is 0.633. The number of aromatic amines is 1. The Hall–Kier alpha value is -1.69. The van der Waals surface area contributed by atoms with Crippen molar-refractivity contribution in [2.75, 3.05) is 12.4 Å². The van der Waals surface area contributed by atoms with E-state index in [0.717, 1.165) is 27.2 Å². The molecule has 3 rings (SSSR count). The van der Waals surface area contributed by atoms with Crippen LogP contribution in [-0.2, 0) is 0 Å². The van der Waals surface area contributed by atoms with Crippen molar-refractivity contribution in [1.82, 2.24) is 19.9 Å². The minimum absolute atomic E-state index is 0.760. The zero-order valence-corrected chi connectivity index (χ0v) is 8.22. The minimum Gasteiger partial charge on any atom is -0.371 e. The average molecular weight is 205 g/mol. The molecule has 0 aliphatic carbocycles. The average Bonchev–Trinajstić information content (AvgIpc) is 2.83. The van der Waals surface area contributed by atoms with Gasteiger partial charge in [-0.25, -0.2) is 15.0 Å². The maximum atomic E-state index is 4.36. The van der Waals surface area contributed by atoms with Gasteiger partial charge in [0.15, 0.2) is 11.5 Å². The van der Waals surface area contributed by atoms with Gasteiger partial charge in [0.1, 0.15) is 5.52 Å². The maximum Gasteiger partial charge on any atom is 0.174 e. The second-order valence-corrected chi connectivity index (χ2v) is 3.70. The van der Waals surface area contributed by atoms with Crippen molar-refractivity contribution in [3.8, 4) is 0 Å². The molecule has 6 heteroatoms. The summed E-state index contributed by atoms with van der Waals surface area (Å²) in [5.74, 6) is 0.764. The molecule has 0 spiro atoms. The number of aromatic nitrogens is 4. The normalized spacial score (nSPS) is 11.2. The Morgan fingerprint density at radius 1 is 1.43 bits per heavy atom. The lowest BCUT2D eigenvalue weighted by atomic mass is 10.3. The Morgan fingerprint density at radius 3 is 3.21 bits per heavy atom. The number of hydrogen-bond donors (Lipinski definition) is 2. The van der Waals surface area contributed by atoms with Gasteiger partial charge in [0.05, 0.1) is 22.1 Å². The van der Waals surface area contributed by atoms with Crippen molar-refractivity contribution < 1.29 is 0 Å². The van der Waals surface area contributed by atoms with E-state index in [-0.39, 0.29) is 0 Å². The van der Waals surface area contributed by atoms with E-state index in [9.17, 15) is 0 Å². The van der Waals surface area contributed by atoms with Gasteiger partial charge >= 0.3 is 0 Å². The van der Waals surface area contributed by atoms with Crippen LogP contribution in [0.15, 0.2) is 11.8 Å². The first kappa shape index (κ1) is 7.69. The molecular weight excluding hydrogens is 198 g/mol. The Balaban J connectivity index is 2.59. The van der Waals surface area contributed by atoms with E-state index in [4.69, 9.17) is 0 Å². The molecule has 14 heavy (non-hydrogen) atoms. The molecule has 3 aromatic heterocycles. The standard InChI is InChI=1S/C8H7N5S/c1-9-7-5-4(10-2-11-5)6-8(13-7)12-3-14-6/h2-3H,1H3,(H,9,13)(H,10,11). The van der Waals surface area contributed by atoms with Crippen LogP contribution < -0.4 is 5.32 Å². The molecule has 0 radical (unpaired) electrons. The summed E-state index contributed by atoms with van der Waals surface area (Å²) < 4.78 is 1.05. The molecule has 0 unspecified atom stereocenters. The molecule has 5 nitrogen and oxygen atoms in total. The van der Waals surface area contributed by atoms with Gasteiger partial charge in [-0.05, 0) is 0 Å². The van der Waals surface area contributed by atoms with Crippen molar-refractivity contribution in [1.29, 1.82) is 0 Å². The minimum atomic E-state index is 0.760. The van der Waals surface area contributed by atoms with Gasteiger partial charge in [0.2, 0.25) is 0 Å². The van der Waals surface area contributed by atoms with E-state index < -0.39 is 0 Å². The second kappa shape index (κ2) is 2.65. The summed E-state index contributed by atoms with van der Waals surface area (Å²) in [7, 11) is 1.83. The lowest BCUT2D eigenvalue weighted by Gasteiger charge is -1.99. The Kier molecular flexibility index (Phi) is 1.45. The number of thiazole rings is 1. The van der Waals surface area contributed by atoms with Crippen molar-refractivity contribution in [2.24, 2.45) is 0 Å². The number of nitrogens with one attached hydrogen (secondary N) is 2. The van der Waals surface area contributed by atoms with E-state index in [2.05, 4.69) is 25.3 Å². The van der Waals surface area contributed by atoms with E-state index in [0.29, 0.717) is 0 Å². The fourth-order valence-corrected chi connectivity index (χ4v) is 2.21. The number of rotatable bonds is 1. The van der Waals surface area contributed by atoms with Gasteiger partial charge in [-0.3, -0.25) is 0 Å². The summed E-state index contributed by atoms with van der Waals surface area (Å²) in [6.45, 7) is 0. The molecule has 0 saturated heterocycles. The first-order valence-electron chi connectivity index (χ1n) is 4.14. The Bertz CT molecular complexity index is 596. The third-order valence-electron chi connectivity index (χ3n) is 2.09. The van der Waals surface area contributed by atoms with Crippen LogP contribution in [0.25, 0.3) is 21.4 Å². The molecule has 3 heterocycles. The number of pyridine rings is 1. The van der Waals surface area contributed by atoms with Crippen LogP contribution in [0.4, 0.5) is 5.82 Å². The highest BCUT2D eigenvalue weighted by Gasteiger charge is 2.10. The van der Waals surface area contributed by atoms with Gasteiger partial charge in [-0.15, -0.1) is 11.3 Å². The van der Waals surface area contributed by atoms with Crippen molar-refractivity contribution >= 4 is 38.5 Å². The van der Waals surface area contributed by atoms with Crippen LogP contribution >= 0.6 is 11.3 Å². The zero-order valence-electron chi connectivity index (χ0n) is 7.40. The molecule has 0 amide bonds. The summed E-state index contributed by atoms with van der Waals surface area (Å²) in [5, 5.41) is 3.01. The summed E-state index contributed by atoms with van der Waals surface area (Å²) >= 11 is 1.57. The molecule has 0 aromatic carbocycles. The molecule has 0 saturated carbocycles. The topological polar surface area (TPSA) is 66.5 Å². The van der Waals surface area contributed by atoms with E-state index in [1.807, 2.05) is 7.05 Å².